The first-order valence-electron chi connectivity index (χ1n) is 9.45. The number of anilines is 1. The van der Waals surface area contributed by atoms with Crippen LogP contribution in [0.15, 0.2) is 51.9 Å². The molecule has 0 fully saturated rings. The number of hydrogen-bond donors (Lipinski definition) is 1. The molecule has 0 unspecified atom stereocenters. The minimum atomic E-state index is -0.151. The van der Waals surface area contributed by atoms with Crippen molar-refractivity contribution in [1.29, 1.82) is 0 Å². The number of carbonyl (C=O) groups is 1. The first-order chi connectivity index (χ1) is 14.0. The summed E-state index contributed by atoms with van der Waals surface area (Å²) in [6.07, 6.45) is 1.86. The maximum Gasteiger partial charge on any atom is 0.262 e. The van der Waals surface area contributed by atoms with Crippen LogP contribution in [0.1, 0.15) is 23.6 Å². The van der Waals surface area contributed by atoms with E-state index in [1.165, 1.54) is 22.5 Å². The van der Waals surface area contributed by atoms with Crippen LogP contribution in [0.25, 0.3) is 11.3 Å². The van der Waals surface area contributed by atoms with Crippen molar-refractivity contribution in [3.8, 4) is 17.0 Å². The van der Waals surface area contributed by atoms with Gasteiger partial charge in [-0.1, -0.05) is 23.8 Å². The van der Waals surface area contributed by atoms with Crippen LogP contribution in [0, 0.1) is 13.8 Å². The number of rotatable bonds is 4. The third-order valence-electron chi connectivity index (χ3n) is 4.62. The Morgan fingerprint density at radius 2 is 2.10 bits per heavy atom. The molecule has 1 aromatic heterocycles. The van der Waals surface area contributed by atoms with E-state index < -0.39 is 0 Å². The van der Waals surface area contributed by atoms with Gasteiger partial charge in [0.1, 0.15) is 5.75 Å². The summed E-state index contributed by atoms with van der Waals surface area (Å²) in [6, 6.07) is 12.0. The van der Waals surface area contributed by atoms with Crippen LogP contribution < -0.4 is 14.9 Å². The van der Waals surface area contributed by atoms with Crippen LogP contribution in [0.2, 0.25) is 0 Å². The largest absolute Gasteiger partial charge is 0.482 e. The normalized spacial score (nSPS) is 14.0. The molecule has 6 nitrogen and oxygen atoms in total. The Kier molecular flexibility index (Phi) is 5.31. The Morgan fingerprint density at radius 1 is 1.24 bits per heavy atom. The van der Waals surface area contributed by atoms with Gasteiger partial charge in [-0.15, -0.1) is 11.3 Å². The number of amides is 1. The number of carbonyl (C=O) groups excluding carboxylic acids is 1. The molecule has 0 saturated carbocycles. The van der Waals surface area contributed by atoms with E-state index in [1.54, 1.807) is 0 Å². The second-order valence-corrected chi connectivity index (χ2v) is 7.68. The average Bonchev–Trinajstić information content (AvgIpc) is 3.09. The lowest BCUT2D eigenvalue weighted by atomic mass is 10.1. The van der Waals surface area contributed by atoms with Crippen LogP contribution in [0.3, 0.4) is 0 Å². The van der Waals surface area contributed by atoms with Crippen LogP contribution in [0.4, 0.5) is 5.69 Å². The molecule has 0 aliphatic carbocycles. The highest BCUT2D eigenvalue weighted by atomic mass is 32.1. The molecule has 7 heteroatoms. The zero-order chi connectivity index (χ0) is 20.4. The molecule has 2 aromatic carbocycles. The van der Waals surface area contributed by atoms with Crippen molar-refractivity contribution in [3.63, 3.8) is 0 Å². The predicted octanol–water partition coefficient (Wildman–Crippen LogP) is 3.97. The van der Waals surface area contributed by atoms with Crippen molar-refractivity contribution >= 4 is 29.1 Å². The Bertz CT molecular complexity index is 1170. The van der Waals surface area contributed by atoms with Crippen molar-refractivity contribution in [2.45, 2.75) is 20.8 Å². The average molecular weight is 407 g/mol. The zero-order valence-corrected chi connectivity index (χ0v) is 17.4. The van der Waals surface area contributed by atoms with Gasteiger partial charge in [-0.3, -0.25) is 9.79 Å². The molecule has 1 aliphatic rings. The third kappa shape index (κ3) is 4.00. The molecule has 1 aliphatic heterocycles. The number of fused-ring (bicyclic) bond motifs is 1. The highest BCUT2D eigenvalue weighted by molar-refractivity contribution is 7.07. The molecule has 0 spiro atoms. The quantitative estimate of drug-likeness (QED) is 0.666. The van der Waals surface area contributed by atoms with Gasteiger partial charge >= 0.3 is 0 Å². The minimum Gasteiger partial charge on any atom is -0.482 e. The molecule has 1 N–H and O–H groups in total. The fourth-order valence-corrected chi connectivity index (χ4v) is 4.09. The zero-order valence-electron chi connectivity index (χ0n) is 16.6. The summed E-state index contributed by atoms with van der Waals surface area (Å²) in [4.78, 5) is 17.1. The molecule has 1 amide bonds. The van der Waals surface area contributed by atoms with Crippen LogP contribution in [-0.2, 0) is 4.79 Å². The molecule has 4 rings (SSSR count). The van der Waals surface area contributed by atoms with Gasteiger partial charge in [0.2, 0.25) is 4.80 Å². The van der Waals surface area contributed by atoms with Crippen molar-refractivity contribution in [3.05, 3.63) is 63.3 Å². The Labute approximate surface area is 173 Å². The summed E-state index contributed by atoms with van der Waals surface area (Å²) in [7, 11) is 0. The molecular formula is C22H22N4O2S. The molecule has 2 heterocycles. The summed E-state index contributed by atoms with van der Waals surface area (Å²) >= 11 is 1.54. The Hall–Kier alpha value is -3.19. The predicted molar refractivity (Wildman–Crippen MR) is 117 cm³/mol. The van der Waals surface area contributed by atoms with Crippen molar-refractivity contribution in [1.82, 2.24) is 4.68 Å². The lowest BCUT2D eigenvalue weighted by Crippen LogP contribution is -2.25. The highest BCUT2D eigenvalue weighted by Crippen LogP contribution is 2.32. The van der Waals surface area contributed by atoms with E-state index in [-0.39, 0.29) is 12.5 Å². The van der Waals surface area contributed by atoms with Crippen molar-refractivity contribution in [2.24, 2.45) is 10.1 Å². The van der Waals surface area contributed by atoms with E-state index in [0.29, 0.717) is 18.0 Å². The lowest BCUT2D eigenvalue weighted by molar-refractivity contribution is -0.118. The van der Waals surface area contributed by atoms with Gasteiger partial charge in [-0.25, -0.2) is 4.68 Å². The van der Waals surface area contributed by atoms with E-state index in [2.05, 4.69) is 42.4 Å². The van der Waals surface area contributed by atoms with Gasteiger partial charge in [-0.2, -0.15) is 5.10 Å². The van der Waals surface area contributed by atoms with Crippen molar-refractivity contribution in [2.75, 3.05) is 18.5 Å². The van der Waals surface area contributed by atoms with Gasteiger partial charge in [0.05, 0.1) is 17.6 Å². The molecule has 0 bridgehead atoms. The molecule has 29 heavy (non-hydrogen) atoms. The number of thiazole rings is 1. The molecule has 0 radical (unpaired) electrons. The summed E-state index contributed by atoms with van der Waals surface area (Å²) in [5.74, 6) is 0.523. The summed E-state index contributed by atoms with van der Waals surface area (Å²) in [5, 5.41) is 9.63. The topological polar surface area (TPSA) is 68.0 Å². The number of hydrogen-bond acceptors (Lipinski definition) is 5. The fourth-order valence-electron chi connectivity index (χ4n) is 3.19. The van der Waals surface area contributed by atoms with E-state index in [4.69, 9.17) is 9.84 Å². The Morgan fingerprint density at radius 3 is 2.90 bits per heavy atom. The second-order valence-electron chi connectivity index (χ2n) is 6.84. The SMILES string of the molecule is CCN=c1scc(-c2ccc3c(c2)NC(=O)CO3)n1N=Cc1ccc(C)cc1C. The molecule has 3 aromatic rings. The van der Waals surface area contributed by atoms with Crippen LogP contribution in [0.5, 0.6) is 5.75 Å². The number of nitrogens with zero attached hydrogens (tertiary/aromatic N) is 3. The summed E-state index contributed by atoms with van der Waals surface area (Å²) in [6.45, 7) is 6.88. The Balaban J connectivity index is 1.78. The third-order valence-corrected chi connectivity index (χ3v) is 5.48. The van der Waals surface area contributed by atoms with Gasteiger partial charge in [-0.05, 0) is 50.1 Å². The molecular weight excluding hydrogens is 384 g/mol. The number of aryl methyl sites for hydroxylation is 2. The standard InChI is InChI=1S/C22H22N4O2S/c1-4-23-22-26(24-11-17-6-5-14(2)9-15(17)3)19(13-29-22)16-7-8-20-18(10-16)25-21(27)12-28-20/h5-11,13H,4,12H2,1-3H3,(H,25,27). The first-order valence-corrected chi connectivity index (χ1v) is 10.3. The van der Waals surface area contributed by atoms with E-state index >= 15 is 0 Å². The van der Waals surface area contributed by atoms with Crippen molar-refractivity contribution < 1.29 is 9.53 Å². The number of aromatic nitrogens is 1. The number of ether oxygens (including phenoxy) is 1. The van der Waals surface area contributed by atoms with Crippen LogP contribution >= 0.6 is 11.3 Å². The minimum absolute atomic E-state index is 0.0462. The van der Waals surface area contributed by atoms with Gasteiger partial charge < -0.3 is 10.1 Å². The molecule has 148 valence electrons. The first kappa shape index (κ1) is 19.1. The summed E-state index contributed by atoms with van der Waals surface area (Å²) in [5.41, 5.74) is 5.97. The fraction of sp³-hybridized carbons (Fsp3) is 0.227. The molecule has 0 atom stereocenters. The second kappa shape index (κ2) is 8.05. The van der Waals surface area contributed by atoms with E-state index in [1.807, 2.05) is 41.4 Å². The highest BCUT2D eigenvalue weighted by Gasteiger charge is 2.17. The maximum atomic E-state index is 11.7. The number of nitrogens with one attached hydrogen (secondary N) is 1. The van der Waals surface area contributed by atoms with Gasteiger partial charge in [0.25, 0.3) is 5.91 Å². The van der Waals surface area contributed by atoms with E-state index in [9.17, 15) is 4.79 Å². The van der Waals surface area contributed by atoms with Gasteiger partial charge in [0, 0.05) is 17.5 Å². The lowest BCUT2D eigenvalue weighted by Gasteiger charge is -2.18. The monoisotopic (exact) mass is 406 g/mol. The smallest absolute Gasteiger partial charge is 0.262 e. The van der Waals surface area contributed by atoms with Crippen LogP contribution in [-0.4, -0.2) is 29.9 Å². The maximum absolute atomic E-state index is 11.7. The summed E-state index contributed by atoms with van der Waals surface area (Å²) < 4.78 is 7.31. The number of benzene rings is 2. The molecule has 0 saturated heterocycles. The van der Waals surface area contributed by atoms with Gasteiger partial charge in [0.15, 0.2) is 6.61 Å². The van der Waals surface area contributed by atoms with E-state index in [0.717, 1.165) is 21.6 Å².